The Balaban J connectivity index is 0.00000206. The van der Waals surface area contributed by atoms with Crippen molar-refractivity contribution >= 4 is 44.3 Å². The van der Waals surface area contributed by atoms with Crippen molar-refractivity contribution in [2.75, 3.05) is 5.75 Å². The number of hydrogen-bond donors (Lipinski definition) is 2. The number of benzene rings is 2. The molecule has 2 aromatic carbocycles. The SMILES string of the molecule is CC1(C)[C@@H]2CC[C@]13C[S+]1(=O)N[C@@]34C(=C(c3ccccc3)O1)C(c1ccccc1)=C(I)[C@@]24O.[I-]. The Kier molecular flexibility index (Phi) is 4.62. The molecule has 4 nitrogen and oxygen atoms in total. The van der Waals surface area contributed by atoms with E-state index in [9.17, 15) is 9.32 Å². The highest BCUT2D eigenvalue weighted by Gasteiger charge is 2.94. The minimum atomic E-state index is -2.83. The number of rotatable bonds is 2. The van der Waals surface area contributed by atoms with Crippen LogP contribution in [-0.4, -0.2) is 22.0 Å². The number of fused-ring (bicyclic) bond motifs is 3. The molecule has 3 aliphatic carbocycles. The Labute approximate surface area is 226 Å². The molecule has 3 fully saturated rings. The van der Waals surface area contributed by atoms with Crippen molar-refractivity contribution in [3.05, 3.63) is 80.9 Å². The van der Waals surface area contributed by atoms with Crippen LogP contribution in [0.5, 0.6) is 0 Å². The maximum Gasteiger partial charge on any atom is 0.334 e. The molecular weight excluding hydrogens is 660 g/mol. The summed E-state index contributed by atoms with van der Waals surface area (Å²) in [6.45, 7) is 4.54. The van der Waals surface area contributed by atoms with Gasteiger partial charge in [-0.05, 0) is 50.6 Å². The monoisotopic (exact) mass is 685 g/mol. The van der Waals surface area contributed by atoms with Gasteiger partial charge in [-0.2, -0.15) is 0 Å². The second kappa shape index (κ2) is 6.72. The summed E-state index contributed by atoms with van der Waals surface area (Å²) < 4.78 is 25.1. The van der Waals surface area contributed by atoms with Crippen LogP contribution < -0.4 is 28.7 Å². The molecule has 7 heteroatoms. The van der Waals surface area contributed by atoms with Gasteiger partial charge in [0.2, 0.25) is 5.76 Å². The van der Waals surface area contributed by atoms with Gasteiger partial charge in [-0.1, -0.05) is 79.2 Å². The van der Waals surface area contributed by atoms with Crippen LogP contribution >= 0.6 is 22.6 Å². The largest absolute Gasteiger partial charge is 1.00 e. The molecule has 33 heavy (non-hydrogen) atoms. The molecule has 0 radical (unpaired) electrons. The van der Waals surface area contributed by atoms with Gasteiger partial charge in [-0.25, -0.2) is 0 Å². The molecule has 4 bridgehead atoms. The van der Waals surface area contributed by atoms with Crippen LogP contribution in [0.25, 0.3) is 11.3 Å². The van der Waals surface area contributed by atoms with Crippen molar-refractivity contribution in [1.29, 1.82) is 0 Å². The van der Waals surface area contributed by atoms with Crippen LogP contribution in [0, 0.1) is 16.7 Å². The van der Waals surface area contributed by atoms with E-state index in [1.807, 2.05) is 48.5 Å². The minimum Gasteiger partial charge on any atom is -1.00 e. The molecule has 2 N–H and O–H groups in total. The summed E-state index contributed by atoms with van der Waals surface area (Å²) >= 11 is 2.37. The van der Waals surface area contributed by atoms with Crippen molar-refractivity contribution in [1.82, 2.24) is 4.72 Å². The van der Waals surface area contributed by atoms with E-state index in [0.717, 1.165) is 38.7 Å². The lowest BCUT2D eigenvalue weighted by atomic mass is 9.58. The lowest BCUT2D eigenvalue weighted by molar-refractivity contribution is -0.0331. The molecule has 2 aliphatic heterocycles. The molecule has 0 amide bonds. The van der Waals surface area contributed by atoms with E-state index < -0.39 is 21.5 Å². The summed E-state index contributed by atoms with van der Waals surface area (Å²) in [6.07, 6.45) is 1.88. The topological polar surface area (TPSA) is 58.6 Å². The van der Waals surface area contributed by atoms with E-state index in [1.165, 1.54) is 0 Å². The van der Waals surface area contributed by atoms with Crippen LogP contribution in [0.2, 0.25) is 0 Å². The van der Waals surface area contributed by atoms with Gasteiger partial charge >= 0.3 is 10.4 Å². The summed E-state index contributed by atoms with van der Waals surface area (Å²) in [7, 11) is -2.83. The summed E-state index contributed by atoms with van der Waals surface area (Å²) in [6, 6.07) is 20.3. The van der Waals surface area contributed by atoms with Gasteiger partial charge in [0, 0.05) is 26.2 Å². The van der Waals surface area contributed by atoms with E-state index in [0.29, 0.717) is 11.5 Å². The quantitative estimate of drug-likeness (QED) is 0.377. The molecule has 0 aromatic heterocycles. The Morgan fingerprint density at radius 1 is 1.06 bits per heavy atom. The van der Waals surface area contributed by atoms with E-state index in [-0.39, 0.29) is 40.7 Å². The number of aliphatic hydroxyl groups is 1. The Bertz CT molecular complexity index is 1310. The zero-order valence-electron chi connectivity index (χ0n) is 18.4. The zero-order valence-corrected chi connectivity index (χ0v) is 23.5. The Morgan fingerprint density at radius 2 is 1.67 bits per heavy atom. The van der Waals surface area contributed by atoms with Gasteiger partial charge in [0.05, 0.1) is 5.41 Å². The highest BCUT2D eigenvalue weighted by atomic mass is 127. The maximum atomic E-state index is 14.2. The van der Waals surface area contributed by atoms with Gasteiger partial charge in [0.25, 0.3) is 0 Å². The Morgan fingerprint density at radius 3 is 2.30 bits per heavy atom. The number of hydrogen-bond acceptors (Lipinski definition) is 3. The first kappa shape index (κ1) is 22.7. The molecule has 5 aliphatic rings. The molecule has 2 aromatic rings. The van der Waals surface area contributed by atoms with Crippen molar-refractivity contribution in [3.8, 4) is 0 Å². The van der Waals surface area contributed by atoms with Crippen molar-refractivity contribution in [3.63, 3.8) is 0 Å². The average molecular weight is 685 g/mol. The molecule has 2 spiro atoms. The molecule has 172 valence electrons. The van der Waals surface area contributed by atoms with Gasteiger partial charge in [-0.15, -0.1) is 0 Å². The first-order chi connectivity index (χ1) is 15.2. The summed E-state index contributed by atoms with van der Waals surface area (Å²) in [5.74, 6) is 1.20. The van der Waals surface area contributed by atoms with E-state index in [1.54, 1.807) is 0 Å². The third-order valence-corrected chi connectivity index (χ3v) is 12.5. The summed E-state index contributed by atoms with van der Waals surface area (Å²) in [5.41, 5.74) is 1.57. The highest BCUT2D eigenvalue weighted by Crippen LogP contribution is 2.84. The summed E-state index contributed by atoms with van der Waals surface area (Å²) in [4.78, 5) is 0. The minimum absolute atomic E-state index is 0. The molecule has 7 rings (SSSR count). The van der Waals surface area contributed by atoms with E-state index in [2.05, 4.69) is 53.3 Å². The maximum absolute atomic E-state index is 14.2. The molecule has 2 saturated carbocycles. The van der Waals surface area contributed by atoms with Gasteiger partial charge in [-0.3, -0.25) is 4.18 Å². The number of nitrogens with one attached hydrogen (secondary N) is 1. The molecule has 2 heterocycles. The van der Waals surface area contributed by atoms with Crippen LogP contribution in [0.15, 0.2) is 69.8 Å². The van der Waals surface area contributed by atoms with Gasteiger partial charge < -0.3 is 29.1 Å². The first-order valence-electron chi connectivity index (χ1n) is 11.2. The predicted octanol–water partition coefficient (Wildman–Crippen LogP) is 2.13. The van der Waals surface area contributed by atoms with Crippen molar-refractivity contribution in [2.45, 2.75) is 37.8 Å². The number of halogens is 2. The third kappa shape index (κ3) is 2.24. The second-order valence-electron chi connectivity index (χ2n) is 10.5. The van der Waals surface area contributed by atoms with Crippen molar-refractivity contribution in [2.24, 2.45) is 16.7 Å². The van der Waals surface area contributed by atoms with Crippen LogP contribution in [0.1, 0.15) is 37.8 Å². The zero-order chi connectivity index (χ0) is 22.1. The smallest absolute Gasteiger partial charge is 0.334 e. The Hall–Kier alpha value is -0.750. The van der Waals surface area contributed by atoms with E-state index in [4.69, 9.17) is 4.18 Å². The predicted molar refractivity (Wildman–Crippen MR) is 135 cm³/mol. The molecule has 1 unspecified atom stereocenters. The third-order valence-electron chi connectivity index (χ3n) is 9.23. The molecule has 1 saturated heterocycles. The van der Waals surface area contributed by atoms with Gasteiger partial charge in [0.15, 0.2) is 5.75 Å². The highest BCUT2D eigenvalue weighted by molar-refractivity contribution is 14.1. The lowest BCUT2D eigenvalue weighted by Gasteiger charge is -2.46. The summed E-state index contributed by atoms with van der Waals surface area (Å²) in [5, 5.41) is 12.8. The average Bonchev–Trinajstić information content (AvgIpc) is 3.30. The molecular formula is C26H25I2NO3S. The fourth-order valence-electron chi connectivity index (χ4n) is 8.03. The fourth-order valence-corrected chi connectivity index (χ4v) is 12.3. The second-order valence-corrected chi connectivity index (χ2v) is 13.4. The normalized spacial score (nSPS) is 41.2. The standard InChI is InChI=1S/C26H25INO3S.HI/c1-23(2)18-13-14-24(23)15-32(30)28-26(24)20(21(31-32)17-11-7-4-8-12-17)19(22(27)25(18,26)29)16-9-5-3-6-10-16;/h3-12,18,29H,13-15H2,1-2H3,(H,28,30);1H/q+1;/p-1/t18-,24-,25-,26-,32?;/m0./s1. The van der Waals surface area contributed by atoms with Crippen LogP contribution in [0.4, 0.5) is 0 Å². The first-order valence-corrected chi connectivity index (χ1v) is 13.9. The fraction of sp³-hybridized carbons (Fsp3) is 0.385. The van der Waals surface area contributed by atoms with Gasteiger partial charge in [0.1, 0.15) is 11.1 Å². The van der Waals surface area contributed by atoms with Crippen LogP contribution in [-0.2, 0) is 18.8 Å². The lowest BCUT2D eigenvalue weighted by Crippen LogP contribution is -3.00. The van der Waals surface area contributed by atoms with E-state index >= 15 is 0 Å². The molecule has 5 atom stereocenters. The van der Waals surface area contributed by atoms with Crippen LogP contribution in [0.3, 0.4) is 0 Å². The van der Waals surface area contributed by atoms with Crippen molar-refractivity contribution < 1.29 is 37.5 Å².